The fourth-order valence-corrected chi connectivity index (χ4v) is 2.94. The molecule has 1 N–H and O–H groups in total. The molecule has 1 aliphatic rings. The summed E-state index contributed by atoms with van der Waals surface area (Å²) < 4.78 is 0. The lowest BCUT2D eigenvalue weighted by molar-refractivity contribution is -0.142. The summed E-state index contributed by atoms with van der Waals surface area (Å²) in [7, 11) is 0. The third-order valence-electron chi connectivity index (χ3n) is 3.90. The van der Waals surface area contributed by atoms with Gasteiger partial charge in [-0.05, 0) is 35.7 Å². The second-order valence-electron chi connectivity index (χ2n) is 5.11. The van der Waals surface area contributed by atoms with Crippen LogP contribution in [0.5, 0.6) is 0 Å². The molecule has 2 aromatic rings. The lowest BCUT2D eigenvalue weighted by Crippen LogP contribution is -2.35. The van der Waals surface area contributed by atoms with E-state index in [9.17, 15) is 9.90 Å². The zero-order chi connectivity index (χ0) is 13.2. The highest BCUT2D eigenvalue weighted by atomic mass is 35.5. The molecule has 0 amide bonds. The van der Waals surface area contributed by atoms with E-state index in [-0.39, 0.29) is 18.4 Å². The van der Waals surface area contributed by atoms with Crippen molar-refractivity contribution in [1.29, 1.82) is 0 Å². The van der Waals surface area contributed by atoms with Crippen LogP contribution in [0, 0.1) is 0 Å². The number of halogens is 1. The Balaban J connectivity index is 0.00000147. The molecule has 1 fully saturated rings. The molecule has 2 aromatic carbocycles. The predicted octanol–water partition coefficient (Wildman–Crippen LogP) is 3.31. The topological polar surface area (TPSA) is 40.5 Å². The molecule has 0 aliphatic carbocycles. The van der Waals surface area contributed by atoms with Crippen LogP contribution in [0.25, 0.3) is 10.8 Å². The molecule has 3 rings (SSSR count). The Hall–Kier alpha value is -1.58. The maximum atomic E-state index is 11.2. The first-order chi connectivity index (χ1) is 9.25. The summed E-state index contributed by atoms with van der Waals surface area (Å²) in [6.45, 7) is 1.60. The van der Waals surface area contributed by atoms with E-state index in [1.807, 2.05) is 18.2 Å². The lowest BCUT2D eigenvalue weighted by Gasteiger charge is -2.21. The molecule has 3 nitrogen and oxygen atoms in total. The first-order valence-electron chi connectivity index (χ1n) is 6.69. The average molecular weight is 292 g/mol. The highest BCUT2D eigenvalue weighted by Gasteiger charge is 2.30. The van der Waals surface area contributed by atoms with E-state index in [4.69, 9.17) is 0 Å². The van der Waals surface area contributed by atoms with Crippen molar-refractivity contribution in [2.24, 2.45) is 0 Å². The van der Waals surface area contributed by atoms with Gasteiger partial charge in [0.05, 0.1) is 0 Å². The molecule has 0 saturated carbocycles. The van der Waals surface area contributed by atoms with Crippen molar-refractivity contribution in [2.45, 2.75) is 25.4 Å². The molecular weight excluding hydrogens is 274 g/mol. The van der Waals surface area contributed by atoms with Crippen LogP contribution in [0.3, 0.4) is 0 Å². The van der Waals surface area contributed by atoms with E-state index in [0.29, 0.717) is 0 Å². The quantitative estimate of drug-likeness (QED) is 0.943. The van der Waals surface area contributed by atoms with Gasteiger partial charge < -0.3 is 5.11 Å². The molecule has 1 saturated heterocycles. The number of carboxylic acid groups (broad SMARTS) is 1. The third-order valence-corrected chi connectivity index (χ3v) is 3.90. The number of rotatable bonds is 3. The lowest BCUT2D eigenvalue weighted by atomic mass is 10.0. The van der Waals surface area contributed by atoms with E-state index < -0.39 is 5.97 Å². The Morgan fingerprint density at radius 2 is 1.95 bits per heavy atom. The minimum atomic E-state index is -0.697. The highest BCUT2D eigenvalue weighted by molar-refractivity contribution is 5.86. The maximum Gasteiger partial charge on any atom is 0.320 e. The van der Waals surface area contributed by atoms with Gasteiger partial charge in [0, 0.05) is 6.54 Å². The van der Waals surface area contributed by atoms with Crippen LogP contribution < -0.4 is 0 Å². The van der Waals surface area contributed by atoms with Gasteiger partial charge in [-0.25, -0.2) is 0 Å². The Bertz CT molecular complexity index is 609. The molecule has 1 heterocycles. The van der Waals surface area contributed by atoms with Gasteiger partial charge in [0.1, 0.15) is 6.04 Å². The second kappa shape index (κ2) is 6.25. The predicted molar refractivity (Wildman–Crippen MR) is 82.3 cm³/mol. The molecule has 0 bridgehead atoms. The molecule has 0 unspecified atom stereocenters. The number of nitrogens with zero attached hydrogens (tertiary/aromatic N) is 1. The van der Waals surface area contributed by atoms with E-state index >= 15 is 0 Å². The standard InChI is InChI=1S/C16H17NO2.ClH/c18-16(19)15-9-4-10-17(15)11-13-7-3-6-12-5-1-2-8-14(12)13;/h1-3,5-8,15H,4,9-11H2,(H,18,19);1H/t15-;/m0./s1. The zero-order valence-electron chi connectivity index (χ0n) is 11.2. The monoisotopic (exact) mass is 291 g/mol. The maximum absolute atomic E-state index is 11.2. The molecule has 1 aliphatic heterocycles. The first kappa shape index (κ1) is 14.8. The highest BCUT2D eigenvalue weighted by Crippen LogP contribution is 2.24. The molecule has 20 heavy (non-hydrogen) atoms. The minimum absolute atomic E-state index is 0. The summed E-state index contributed by atoms with van der Waals surface area (Å²) in [4.78, 5) is 13.3. The van der Waals surface area contributed by atoms with Crippen LogP contribution in [0.1, 0.15) is 18.4 Å². The molecular formula is C16H18ClNO2. The van der Waals surface area contributed by atoms with Gasteiger partial charge in [-0.3, -0.25) is 9.69 Å². The normalized spacial score (nSPS) is 18.9. The summed E-state index contributed by atoms with van der Waals surface area (Å²) in [5.74, 6) is -0.697. The largest absolute Gasteiger partial charge is 0.480 e. The Morgan fingerprint density at radius 1 is 1.20 bits per heavy atom. The van der Waals surface area contributed by atoms with Gasteiger partial charge in [-0.1, -0.05) is 42.5 Å². The van der Waals surface area contributed by atoms with Crippen LogP contribution in [0.2, 0.25) is 0 Å². The van der Waals surface area contributed by atoms with Gasteiger partial charge in [0.2, 0.25) is 0 Å². The van der Waals surface area contributed by atoms with Crippen molar-refractivity contribution in [3.05, 3.63) is 48.0 Å². The molecule has 0 aromatic heterocycles. The van der Waals surface area contributed by atoms with Gasteiger partial charge in [0.15, 0.2) is 0 Å². The number of carboxylic acids is 1. The number of benzene rings is 2. The smallest absolute Gasteiger partial charge is 0.320 e. The van der Waals surface area contributed by atoms with Crippen molar-refractivity contribution in [1.82, 2.24) is 4.90 Å². The van der Waals surface area contributed by atoms with Gasteiger partial charge in [-0.15, -0.1) is 12.4 Å². The molecule has 0 radical (unpaired) electrons. The van der Waals surface area contributed by atoms with Crippen molar-refractivity contribution in [3.63, 3.8) is 0 Å². The van der Waals surface area contributed by atoms with Crippen LogP contribution in [0.4, 0.5) is 0 Å². The zero-order valence-corrected chi connectivity index (χ0v) is 12.0. The fourth-order valence-electron chi connectivity index (χ4n) is 2.94. The van der Waals surface area contributed by atoms with Crippen LogP contribution in [-0.2, 0) is 11.3 Å². The number of likely N-dealkylation sites (tertiary alicyclic amines) is 1. The van der Waals surface area contributed by atoms with Crippen molar-refractivity contribution < 1.29 is 9.90 Å². The summed E-state index contributed by atoms with van der Waals surface area (Å²) in [6.07, 6.45) is 1.74. The summed E-state index contributed by atoms with van der Waals surface area (Å²) in [5, 5.41) is 11.7. The van der Waals surface area contributed by atoms with Crippen LogP contribution in [0.15, 0.2) is 42.5 Å². The second-order valence-corrected chi connectivity index (χ2v) is 5.11. The Morgan fingerprint density at radius 3 is 2.75 bits per heavy atom. The fraction of sp³-hybridized carbons (Fsp3) is 0.312. The minimum Gasteiger partial charge on any atom is -0.480 e. The van der Waals surface area contributed by atoms with Gasteiger partial charge >= 0.3 is 5.97 Å². The Labute approximate surface area is 124 Å². The number of aliphatic carboxylic acids is 1. The van der Waals surface area contributed by atoms with Crippen molar-refractivity contribution in [3.8, 4) is 0 Å². The SMILES string of the molecule is Cl.O=C(O)[C@@H]1CCCN1Cc1cccc2ccccc12. The number of hydrogen-bond donors (Lipinski definition) is 1. The average Bonchev–Trinajstić information content (AvgIpc) is 2.87. The molecule has 0 spiro atoms. The number of carbonyl (C=O) groups is 1. The third kappa shape index (κ3) is 2.79. The molecule has 1 atom stereocenters. The summed E-state index contributed by atoms with van der Waals surface area (Å²) in [6, 6.07) is 14.2. The number of hydrogen-bond acceptors (Lipinski definition) is 2. The van der Waals surface area contributed by atoms with E-state index in [1.165, 1.54) is 16.3 Å². The van der Waals surface area contributed by atoms with Crippen molar-refractivity contribution in [2.75, 3.05) is 6.54 Å². The summed E-state index contributed by atoms with van der Waals surface area (Å²) in [5.41, 5.74) is 1.21. The van der Waals surface area contributed by atoms with Crippen molar-refractivity contribution >= 4 is 29.1 Å². The van der Waals surface area contributed by atoms with E-state index in [0.717, 1.165) is 25.9 Å². The van der Waals surface area contributed by atoms with Crippen LogP contribution >= 0.6 is 12.4 Å². The summed E-state index contributed by atoms with van der Waals surface area (Å²) >= 11 is 0. The van der Waals surface area contributed by atoms with Crippen LogP contribution in [-0.4, -0.2) is 28.6 Å². The first-order valence-corrected chi connectivity index (χ1v) is 6.69. The Kier molecular flexibility index (Phi) is 4.63. The van der Waals surface area contributed by atoms with E-state index in [1.54, 1.807) is 0 Å². The van der Waals surface area contributed by atoms with Gasteiger partial charge in [-0.2, -0.15) is 0 Å². The molecule has 4 heteroatoms. The van der Waals surface area contributed by atoms with Gasteiger partial charge in [0.25, 0.3) is 0 Å². The molecule has 106 valence electrons. The number of fused-ring (bicyclic) bond motifs is 1. The van der Waals surface area contributed by atoms with E-state index in [2.05, 4.69) is 29.2 Å².